The third-order valence-electron chi connectivity index (χ3n) is 5.08. The molecule has 0 bridgehead atoms. The first-order valence-electron chi connectivity index (χ1n) is 10.2. The van der Waals surface area contributed by atoms with E-state index in [1.54, 1.807) is 72.8 Å². The fourth-order valence-electron chi connectivity index (χ4n) is 3.30. The molecular weight excluding hydrogens is 457 g/mol. The molecule has 3 aromatic carbocycles. The number of aryl methyl sites for hydroxylation is 1. The first kappa shape index (κ1) is 22.9. The van der Waals surface area contributed by atoms with E-state index >= 15 is 0 Å². The Labute approximate surface area is 196 Å². The first-order valence-corrected chi connectivity index (χ1v) is 12.7. The molecule has 1 aromatic heterocycles. The topological polar surface area (TPSA) is 64.8 Å². The van der Waals surface area contributed by atoms with Crippen LogP contribution in [0.4, 0.5) is 4.39 Å². The molecule has 1 heterocycles. The fraction of sp³-hybridized carbons (Fsp3) is 0.120. The number of aromatic nitrogens is 3. The van der Waals surface area contributed by atoms with Crippen LogP contribution in [0.15, 0.2) is 100 Å². The van der Waals surface area contributed by atoms with Gasteiger partial charge < -0.3 is 0 Å². The second-order valence-corrected chi connectivity index (χ2v) is 10.3. The lowest BCUT2D eigenvalue weighted by Gasteiger charge is -2.09. The molecule has 0 unspecified atom stereocenters. The molecule has 0 amide bonds. The number of rotatable bonds is 8. The zero-order valence-electron chi connectivity index (χ0n) is 18.0. The van der Waals surface area contributed by atoms with E-state index in [2.05, 4.69) is 16.8 Å². The van der Waals surface area contributed by atoms with E-state index in [1.165, 1.54) is 17.8 Å². The maximum absolute atomic E-state index is 14.3. The zero-order chi connectivity index (χ0) is 23.4. The van der Waals surface area contributed by atoms with Gasteiger partial charge in [0.25, 0.3) is 0 Å². The molecule has 0 N–H and O–H groups in total. The molecular formula is C25H22FN3O2S2. The SMILES string of the molecule is C=CCn1c(SCc2ccc(S(=O)(=O)c3ccc(C)cc3)cc2)nnc1-c1ccccc1F. The molecule has 0 atom stereocenters. The van der Waals surface area contributed by atoms with Crippen LogP contribution in [-0.4, -0.2) is 23.2 Å². The summed E-state index contributed by atoms with van der Waals surface area (Å²) in [7, 11) is -3.56. The van der Waals surface area contributed by atoms with Crippen molar-refractivity contribution in [2.24, 2.45) is 0 Å². The number of halogens is 1. The highest BCUT2D eigenvalue weighted by atomic mass is 32.2. The van der Waals surface area contributed by atoms with Gasteiger partial charge in [0.05, 0.1) is 15.4 Å². The van der Waals surface area contributed by atoms with E-state index in [4.69, 9.17) is 0 Å². The first-order chi connectivity index (χ1) is 15.9. The summed E-state index contributed by atoms with van der Waals surface area (Å²) in [6, 6.07) is 20.1. The molecule has 0 spiro atoms. The van der Waals surface area contributed by atoms with Crippen molar-refractivity contribution < 1.29 is 12.8 Å². The van der Waals surface area contributed by atoms with Crippen LogP contribution in [-0.2, 0) is 22.1 Å². The molecule has 0 saturated heterocycles. The molecule has 0 fully saturated rings. The second kappa shape index (κ2) is 9.72. The lowest BCUT2D eigenvalue weighted by Crippen LogP contribution is -2.02. The third kappa shape index (κ3) is 4.91. The highest BCUT2D eigenvalue weighted by Gasteiger charge is 2.18. The summed E-state index contributed by atoms with van der Waals surface area (Å²) in [5, 5.41) is 9.05. The highest BCUT2D eigenvalue weighted by molar-refractivity contribution is 7.98. The Morgan fingerprint density at radius 2 is 1.61 bits per heavy atom. The van der Waals surface area contributed by atoms with Gasteiger partial charge in [-0.15, -0.1) is 16.8 Å². The van der Waals surface area contributed by atoms with Crippen LogP contribution in [0.2, 0.25) is 0 Å². The molecule has 33 heavy (non-hydrogen) atoms. The van der Waals surface area contributed by atoms with Crippen LogP contribution in [0.3, 0.4) is 0 Å². The maximum atomic E-state index is 14.3. The summed E-state index contributed by atoms with van der Waals surface area (Å²) in [6.07, 6.45) is 1.71. The largest absolute Gasteiger partial charge is 0.298 e. The van der Waals surface area contributed by atoms with Crippen LogP contribution in [0.5, 0.6) is 0 Å². The summed E-state index contributed by atoms with van der Waals surface area (Å²) in [6.45, 7) is 6.13. The molecule has 0 radical (unpaired) electrons. The number of hydrogen-bond acceptors (Lipinski definition) is 5. The molecule has 5 nitrogen and oxygen atoms in total. The minimum Gasteiger partial charge on any atom is -0.298 e. The maximum Gasteiger partial charge on any atom is 0.206 e. The van der Waals surface area contributed by atoms with Crippen molar-refractivity contribution in [1.29, 1.82) is 0 Å². The lowest BCUT2D eigenvalue weighted by molar-refractivity contribution is 0.596. The minimum absolute atomic E-state index is 0.247. The van der Waals surface area contributed by atoms with Gasteiger partial charge in [0, 0.05) is 12.3 Å². The van der Waals surface area contributed by atoms with E-state index in [0.29, 0.717) is 28.8 Å². The Hall–Kier alpha value is -3.23. The molecule has 0 aliphatic heterocycles. The van der Waals surface area contributed by atoms with E-state index in [0.717, 1.165) is 11.1 Å². The smallest absolute Gasteiger partial charge is 0.206 e. The van der Waals surface area contributed by atoms with E-state index < -0.39 is 9.84 Å². The number of allylic oxidation sites excluding steroid dienone is 1. The van der Waals surface area contributed by atoms with Crippen LogP contribution in [0.1, 0.15) is 11.1 Å². The number of benzene rings is 3. The Balaban J connectivity index is 1.53. The molecule has 0 saturated carbocycles. The van der Waals surface area contributed by atoms with E-state index in [9.17, 15) is 12.8 Å². The van der Waals surface area contributed by atoms with Gasteiger partial charge in [-0.2, -0.15) is 0 Å². The van der Waals surface area contributed by atoms with Crippen LogP contribution in [0, 0.1) is 12.7 Å². The van der Waals surface area contributed by atoms with Crippen molar-refractivity contribution in [1.82, 2.24) is 14.8 Å². The Morgan fingerprint density at radius 3 is 2.24 bits per heavy atom. The average molecular weight is 480 g/mol. The van der Waals surface area contributed by atoms with Crippen molar-refractivity contribution in [3.63, 3.8) is 0 Å². The van der Waals surface area contributed by atoms with Gasteiger partial charge in [-0.25, -0.2) is 12.8 Å². The summed E-state index contributed by atoms with van der Waals surface area (Å²) < 4.78 is 41.8. The molecule has 4 rings (SSSR count). The fourth-order valence-corrected chi connectivity index (χ4v) is 5.46. The summed E-state index contributed by atoms with van der Waals surface area (Å²) in [4.78, 5) is 0.519. The van der Waals surface area contributed by atoms with E-state index in [-0.39, 0.29) is 15.6 Å². The second-order valence-electron chi connectivity index (χ2n) is 7.43. The third-order valence-corrected chi connectivity index (χ3v) is 7.90. The van der Waals surface area contributed by atoms with Gasteiger partial charge >= 0.3 is 0 Å². The average Bonchev–Trinajstić information content (AvgIpc) is 3.21. The molecule has 0 aliphatic rings. The van der Waals surface area contributed by atoms with Gasteiger partial charge in [0.2, 0.25) is 9.84 Å². The van der Waals surface area contributed by atoms with Gasteiger partial charge in [-0.05, 0) is 48.9 Å². The Morgan fingerprint density at radius 1 is 0.970 bits per heavy atom. The predicted molar refractivity (Wildman–Crippen MR) is 128 cm³/mol. The van der Waals surface area contributed by atoms with Crippen molar-refractivity contribution in [2.75, 3.05) is 0 Å². The summed E-state index contributed by atoms with van der Waals surface area (Å²) >= 11 is 1.44. The molecule has 8 heteroatoms. The van der Waals surface area contributed by atoms with Crippen LogP contribution >= 0.6 is 11.8 Å². The Bertz CT molecular complexity index is 1380. The highest BCUT2D eigenvalue weighted by Crippen LogP contribution is 2.29. The van der Waals surface area contributed by atoms with Crippen LogP contribution < -0.4 is 0 Å². The predicted octanol–water partition coefficient (Wildman–Crippen LogP) is 5.70. The number of nitrogens with zero attached hydrogens (tertiary/aromatic N) is 3. The quantitative estimate of drug-likeness (QED) is 0.239. The van der Waals surface area contributed by atoms with Crippen molar-refractivity contribution in [2.45, 2.75) is 34.2 Å². The minimum atomic E-state index is -3.56. The monoisotopic (exact) mass is 479 g/mol. The van der Waals surface area contributed by atoms with Gasteiger partial charge in [-0.1, -0.05) is 59.8 Å². The van der Waals surface area contributed by atoms with Crippen molar-refractivity contribution >= 4 is 21.6 Å². The van der Waals surface area contributed by atoms with Crippen LogP contribution in [0.25, 0.3) is 11.4 Å². The standard InChI is InChI=1S/C25H22FN3O2S2/c1-3-16-29-24(22-6-4-5-7-23(22)26)27-28-25(29)32-17-19-10-14-21(15-11-19)33(30,31)20-12-8-18(2)9-13-20/h3-15H,1,16-17H2,2H3. The van der Waals surface area contributed by atoms with E-state index in [1.807, 2.05) is 11.5 Å². The summed E-state index contributed by atoms with van der Waals surface area (Å²) in [5.74, 6) is 0.629. The van der Waals surface area contributed by atoms with Crippen molar-refractivity contribution in [3.05, 3.63) is 102 Å². The molecule has 4 aromatic rings. The molecule has 0 aliphatic carbocycles. The summed E-state index contributed by atoms with van der Waals surface area (Å²) in [5.41, 5.74) is 2.32. The van der Waals surface area contributed by atoms with Gasteiger partial charge in [0.1, 0.15) is 5.82 Å². The van der Waals surface area contributed by atoms with Gasteiger partial charge in [0.15, 0.2) is 11.0 Å². The Kier molecular flexibility index (Phi) is 6.76. The number of thioether (sulfide) groups is 1. The number of sulfone groups is 1. The van der Waals surface area contributed by atoms with Gasteiger partial charge in [-0.3, -0.25) is 4.57 Å². The van der Waals surface area contributed by atoms with Crippen molar-refractivity contribution in [3.8, 4) is 11.4 Å². The zero-order valence-corrected chi connectivity index (χ0v) is 19.6. The normalized spacial score (nSPS) is 11.5. The number of hydrogen-bond donors (Lipinski definition) is 0. The molecule has 168 valence electrons. The lowest BCUT2D eigenvalue weighted by atomic mass is 10.2.